The van der Waals surface area contributed by atoms with Gasteiger partial charge in [-0.15, -0.1) is 0 Å². The number of esters is 1. The summed E-state index contributed by atoms with van der Waals surface area (Å²) in [6.45, 7) is 6.83. The Morgan fingerprint density at radius 3 is 2.44 bits per heavy atom. The van der Waals surface area contributed by atoms with E-state index in [1.807, 2.05) is 0 Å². The van der Waals surface area contributed by atoms with Crippen LogP contribution in [0.4, 0.5) is 0 Å². The lowest BCUT2D eigenvalue weighted by Gasteiger charge is -2.23. The van der Waals surface area contributed by atoms with Gasteiger partial charge in [0.15, 0.2) is 0 Å². The molecule has 0 aromatic rings. The zero-order valence-electron chi connectivity index (χ0n) is 11.1. The fraction of sp³-hybridized carbons (Fsp3) is 0.692. The van der Waals surface area contributed by atoms with Crippen molar-refractivity contribution in [2.45, 2.75) is 26.2 Å². The maximum atomic E-state index is 11.0. The van der Waals surface area contributed by atoms with E-state index in [-0.39, 0.29) is 5.97 Å². The Bertz CT molecular complexity index is 229. The lowest BCUT2D eigenvalue weighted by atomic mass is 10.2. The van der Waals surface area contributed by atoms with Gasteiger partial charge in [0.2, 0.25) is 0 Å². The molecule has 0 aliphatic heterocycles. The first kappa shape index (κ1) is 15.2. The number of hydrogen-bond donors (Lipinski definition) is 0. The molecule has 0 saturated carbocycles. The molecular weight excluding hydrogens is 202 g/mol. The van der Waals surface area contributed by atoms with Crippen molar-refractivity contribution in [3.8, 4) is 0 Å². The average Bonchev–Trinajstić information content (AvgIpc) is 2.14. The van der Waals surface area contributed by atoms with Gasteiger partial charge in [-0.2, -0.15) is 0 Å². The zero-order chi connectivity index (χ0) is 12.6. The van der Waals surface area contributed by atoms with E-state index < -0.39 is 0 Å². The van der Waals surface area contributed by atoms with Gasteiger partial charge in [0.05, 0.1) is 34.3 Å². The molecule has 0 spiro atoms. The van der Waals surface area contributed by atoms with Gasteiger partial charge in [0, 0.05) is 5.57 Å². The Labute approximate surface area is 99.7 Å². The third-order valence-electron chi connectivity index (χ3n) is 2.14. The van der Waals surface area contributed by atoms with Crippen molar-refractivity contribution in [3.05, 3.63) is 18.6 Å². The van der Waals surface area contributed by atoms with Crippen LogP contribution >= 0.6 is 0 Å². The fourth-order valence-electron chi connectivity index (χ4n) is 1.14. The molecule has 1 radical (unpaired) electrons. The van der Waals surface area contributed by atoms with Gasteiger partial charge >= 0.3 is 5.97 Å². The molecule has 0 heterocycles. The summed E-state index contributed by atoms with van der Waals surface area (Å²) < 4.78 is 5.98. The first-order chi connectivity index (χ1) is 7.33. The minimum atomic E-state index is -0.286. The van der Waals surface area contributed by atoms with Crippen LogP contribution in [0.25, 0.3) is 0 Å². The van der Waals surface area contributed by atoms with Crippen molar-refractivity contribution in [1.29, 1.82) is 0 Å². The van der Waals surface area contributed by atoms with Crippen LogP contribution < -0.4 is 0 Å². The minimum absolute atomic E-state index is 0.286. The van der Waals surface area contributed by atoms with E-state index in [1.165, 1.54) is 0 Å². The first-order valence-electron chi connectivity index (χ1n) is 5.77. The monoisotopic (exact) mass is 227 g/mol. The van der Waals surface area contributed by atoms with Crippen LogP contribution in [0.2, 0.25) is 0 Å². The van der Waals surface area contributed by atoms with E-state index in [2.05, 4.69) is 34.1 Å². The highest BCUT2D eigenvalue weighted by molar-refractivity contribution is 5.86. The largest absolute Gasteiger partial charge is 0.462 e. The van der Waals surface area contributed by atoms with Crippen molar-refractivity contribution in [2.75, 3.05) is 34.3 Å². The van der Waals surface area contributed by atoms with Crippen LogP contribution in [0.15, 0.2) is 12.2 Å². The molecule has 0 amide bonds. The number of ether oxygens (including phenoxy) is 1. The molecule has 0 saturated heterocycles. The highest BCUT2D eigenvalue weighted by Crippen LogP contribution is 2.03. The smallest absolute Gasteiger partial charge is 0.333 e. The number of unbranched alkanes of at least 4 members (excludes halogenated alkanes) is 3. The van der Waals surface area contributed by atoms with Crippen LogP contribution in [0, 0.1) is 6.42 Å². The number of quaternary nitrogens is 1. The van der Waals surface area contributed by atoms with Crippen molar-refractivity contribution in [2.24, 2.45) is 0 Å². The molecule has 16 heavy (non-hydrogen) atoms. The number of rotatable bonds is 8. The normalized spacial score (nSPS) is 11.2. The van der Waals surface area contributed by atoms with Gasteiger partial charge in [-0.25, -0.2) is 4.79 Å². The Hall–Kier alpha value is -0.830. The maximum absolute atomic E-state index is 11.0. The van der Waals surface area contributed by atoms with E-state index in [1.54, 1.807) is 6.92 Å². The Morgan fingerprint density at radius 2 is 1.94 bits per heavy atom. The SMILES string of the molecule is C=C(C)C(=O)OCCC[CH]CC[N+](C)(C)C. The Balaban J connectivity index is 3.29. The van der Waals surface area contributed by atoms with Crippen LogP contribution in [0.1, 0.15) is 26.2 Å². The predicted octanol–water partition coefficient (Wildman–Crippen LogP) is 2.19. The van der Waals surface area contributed by atoms with Gasteiger partial charge in [-0.3, -0.25) is 0 Å². The van der Waals surface area contributed by atoms with E-state index >= 15 is 0 Å². The van der Waals surface area contributed by atoms with Gasteiger partial charge in [0.25, 0.3) is 0 Å². The van der Waals surface area contributed by atoms with E-state index in [0.717, 1.165) is 30.3 Å². The summed E-state index contributed by atoms with van der Waals surface area (Å²) >= 11 is 0. The summed E-state index contributed by atoms with van der Waals surface area (Å²) in [4.78, 5) is 11.0. The quantitative estimate of drug-likeness (QED) is 0.275. The molecule has 3 heteroatoms. The molecule has 0 atom stereocenters. The second kappa shape index (κ2) is 7.44. The Morgan fingerprint density at radius 1 is 1.31 bits per heavy atom. The number of nitrogens with zero attached hydrogens (tertiary/aromatic N) is 1. The van der Waals surface area contributed by atoms with E-state index in [0.29, 0.717) is 12.2 Å². The highest BCUT2D eigenvalue weighted by atomic mass is 16.5. The van der Waals surface area contributed by atoms with Gasteiger partial charge in [-0.05, 0) is 32.6 Å². The lowest BCUT2D eigenvalue weighted by Crippen LogP contribution is -2.35. The molecule has 0 rings (SSSR count). The summed E-state index contributed by atoms with van der Waals surface area (Å²) in [6.07, 6.45) is 5.27. The molecule has 93 valence electrons. The second-order valence-electron chi connectivity index (χ2n) is 5.15. The molecule has 3 nitrogen and oxygen atoms in total. The second-order valence-corrected chi connectivity index (χ2v) is 5.15. The van der Waals surface area contributed by atoms with Crippen LogP contribution in [0.3, 0.4) is 0 Å². The zero-order valence-corrected chi connectivity index (χ0v) is 11.1. The predicted molar refractivity (Wildman–Crippen MR) is 66.8 cm³/mol. The summed E-state index contributed by atoms with van der Waals surface area (Å²) in [7, 11) is 6.55. The summed E-state index contributed by atoms with van der Waals surface area (Å²) in [6, 6.07) is 0. The highest BCUT2D eigenvalue weighted by Gasteiger charge is 2.06. The minimum Gasteiger partial charge on any atom is -0.462 e. The van der Waals surface area contributed by atoms with Crippen molar-refractivity contribution < 1.29 is 14.0 Å². The molecule has 0 N–H and O–H groups in total. The third-order valence-corrected chi connectivity index (χ3v) is 2.14. The third kappa shape index (κ3) is 9.71. The molecule has 0 aromatic carbocycles. The maximum Gasteiger partial charge on any atom is 0.333 e. The summed E-state index contributed by atoms with van der Waals surface area (Å²) in [5.74, 6) is -0.286. The van der Waals surface area contributed by atoms with Crippen molar-refractivity contribution in [1.82, 2.24) is 0 Å². The van der Waals surface area contributed by atoms with Gasteiger partial charge in [-0.1, -0.05) is 6.58 Å². The van der Waals surface area contributed by atoms with Crippen molar-refractivity contribution >= 4 is 5.97 Å². The fourth-order valence-corrected chi connectivity index (χ4v) is 1.14. The van der Waals surface area contributed by atoms with E-state index in [9.17, 15) is 4.79 Å². The lowest BCUT2D eigenvalue weighted by molar-refractivity contribution is -0.870. The van der Waals surface area contributed by atoms with Crippen LogP contribution in [-0.4, -0.2) is 44.7 Å². The topological polar surface area (TPSA) is 26.3 Å². The standard InChI is InChI=1S/C13H25NO2/c1-12(2)13(15)16-11-9-7-6-8-10-14(3,4)5/h6H,1,7-11H2,2-5H3/q+1. The molecule has 0 aliphatic rings. The summed E-state index contributed by atoms with van der Waals surface area (Å²) in [5, 5.41) is 0. The Kier molecular flexibility index (Phi) is 7.06. The molecule has 0 aromatic heterocycles. The molecule has 0 fully saturated rings. The van der Waals surface area contributed by atoms with Gasteiger partial charge < -0.3 is 9.22 Å². The summed E-state index contributed by atoms with van der Waals surface area (Å²) in [5.41, 5.74) is 0.467. The van der Waals surface area contributed by atoms with Crippen molar-refractivity contribution in [3.63, 3.8) is 0 Å². The van der Waals surface area contributed by atoms with Gasteiger partial charge in [0.1, 0.15) is 0 Å². The van der Waals surface area contributed by atoms with Crippen LogP contribution in [0.5, 0.6) is 0 Å². The molecule has 0 unspecified atom stereocenters. The molecule has 0 aliphatic carbocycles. The van der Waals surface area contributed by atoms with E-state index in [4.69, 9.17) is 4.74 Å². The molecule has 0 bridgehead atoms. The number of hydrogen-bond acceptors (Lipinski definition) is 2. The number of carbonyl (C=O) groups excluding carboxylic acids is 1. The molecular formula is C13H25NO2+. The first-order valence-corrected chi connectivity index (χ1v) is 5.77. The average molecular weight is 227 g/mol. The van der Waals surface area contributed by atoms with Crippen LogP contribution in [-0.2, 0) is 9.53 Å². The number of carbonyl (C=O) groups is 1.